The second kappa shape index (κ2) is 5.00. The summed E-state index contributed by atoms with van der Waals surface area (Å²) in [5.41, 5.74) is 0.912. The van der Waals surface area contributed by atoms with Crippen molar-refractivity contribution in [3.8, 4) is 6.07 Å². The van der Waals surface area contributed by atoms with Crippen LogP contribution in [0.2, 0.25) is 10.0 Å². The number of nitrogens with one attached hydrogen (secondary N) is 1. The lowest BCUT2D eigenvalue weighted by Gasteiger charge is -2.06. The first kappa shape index (κ1) is 11.6. The molecule has 0 saturated carbocycles. The number of hydrogen-bond acceptors (Lipinski definition) is 4. The van der Waals surface area contributed by atoms with Crippen LogP contribution in [0.1, 0.15) is 5.69 Å². The van der Waals surface area contributed by atoms with Crippen molar-refractivity contribution in [3.63, 3.8) is 0 Å². The molecule has 0 atom stereocenters. The molecule has 1 N–H and O–H groups in total. The monoisotopic (exact) mass is 264 g/mol. The van der Waals surface area contributed by atoms with Crippen molar-refractivity contribution in [2.75, 3.05) is 5.32 Å². The van der Waals surface area contributed by atoms with Gasteiger partial charge in [0.15, 0.2) is 11.5 Å². The third kappa shape index (κ3) is 2.64. The second-order valence-corrected chi connectivity index (χ2v) is 3.93. The number of anilines is 2. The largest absolute Gasteiger partial charge is 0.338 e. The molecular formula is C11H6Cl2N4. The first-order valence-electron chi connectivity index (χ1n) is 4.64. The lowest BCUT2D eigenvalue weighted by molar-refractivity contribution is 1.16. The summed E-state index contributed by atoms with van der Waals surface area (Å²) in [5.74, 6) is 0.383. The lowest BCUT2D eigenvalue weighted by Crippen LogP contribution is -1.98. The van der Waals surface area contributed by atoms with Crippen LogP contribution in [-0.2, 0) is 0 Å². The summed E-state index contributed by atoms with van der Waals surface area (Å²) in [5, 5.41) is 12.7. The highest BCUT2D eigenvalue weighted by Crippen LogP contribution is 2.26. The molecule has 2 aromatic rings. The Bertz CT molecular complexity index is 592. The zero-order valence-electron chi connectivity index (χ0n) is 8.48. The van der Waals surface area contributed by atoms with E-state index < -0.39 is 0 Å². The van der Waals surface area contributed by atoms with Gasteiger partial charge >= 0.3 is 0 Å². The minimum absolute atomic E-state index is 0.221. The van der Waals surface area contributed by atoms with E-state index in [1.54, 1.807) is 18.2 Å². The number of hydrogen-bond donors (Lipinski definition) is 1. The molecule has 0 aliphatic rings. The molecule has 0 aliphatic heterocycles. The van der Waals surface area contributed by atoms with Gasteiger partial charge in [-0.2, -0.15) is 5.26 Å². The number of halogens is 2. The summed E-state index contributed by atoms with van der Waals surface area (Å²) in [6.07, 6.45) is 2.96. The fraction of sp³-hybridized carbons (Fsp3) is 0. The molecule has 0 radical (unpaired) electrons. The molecule has 0 amide bonds. The predicted octanol–water partition coefficient (Wildman–Crippen LogP) is 3.40. The highest BCUT2D eigenvalue weighted by Gasteiger charge is 2.05. The molecule has 17 heavy (non-hydrogen) atoms. The SMILES string of the molecule is N#Cc1nccnc1Nc1ccc(Cl)c(Cl)c1. The van der Waals surface area contributed by atoms with Crippen molar-refractivity contribution in [1.82, 2.24) is 9.97 Å². The minimum atomic E-state index is 0.221. The molecular weight excluding hydrogens is 259 g/mol. The Morgan fingerprint density at radius 3 is 2.59 bits per heavy atom. The predicted molar refractivity (Wildman–Crippen MR) is 66.5 cm³/mol. The molecule has 84 valence electrons. The number of aromatic nitrogens is 2. The van der Waals surface area contributed by atoms with Crippen LogP contribution in [0, 0.1) is 11.3 Å². The Kier molecular flexibility index (Phi) is 3.43. The minimum Gasteiger partial charge on any atom is -0.338 e. The fourth-order valence-electron chi connectivity index (χ4n) is 1.22. The van der Waals surface area contributed by atoms with Gasteiger partial charge in [-0.15, -0.1) is 0 Å². The Labute approximate surface area is 108 Å². The van der Waals surface area contributed by atoms with Crippen LogP contribution >= 0.6 is 23.2 Å². The second-order valence-electron chi connectivity index (χ2n) is 3.12. The van der Waals surface area contributed by atoms with Crippen molar-refractivity contribution in [2.24, 2.45) is 0 Å². The van der Waals surface area contributed by atoms with Crippen LogP contribution < -0.4 is 5.32 Å². The molecule has 0 unspecified atom stereocenters. The van der Waals surface area contributed by atoms with E-state index in [1.165, 1.54) is 12.4 Å². The van der Waals surface area contributed by atoms with Gasteiger partial charge in [-0.3, -0.25) is 0 Å². The quantitative estimate of drug-likeness (QED) is 0.903. The van der Waals surface area contributed by atoms with Crippen molar-refractivity contribution < 1.29 is 0 Å². The van der Waals surface area contributed by atoms with E-state index in [9.17, 15) is 0 Å². The Hall–Kier alpha value is -1.83. The van der Waals surface area contributed by atoms with E-state index in [0.29, 0.717) is 21.6 Å². The molecule has 0 aliphatic carbocycles. The maximum Gasteiger partial charge on any atom is 0.183 e. The molecule has 1 heterocycles. The highest BCUT2D eigenvalue weighted by molar-refractivity contribution is 6.42. The van der Waals surface area contributed by atoms with Crippen LogP contribution in [-0.4, -0.2) is 9.97 Å². The first-order chi connectivity index (χ1) is 8.20. The summed E-state index contributed by atoms with van der Waals surface area (Å²) < 4.78 is 0. The van der Waals surface area contributed by atoms with Gasteiger partial charge in [-0.25, -0.2) is 9.97 Å². The van der Waals surface area contributed by atoms with Crippen LogP contribution in [0.25, 0.3) is 0 Å². The van der Waals surface area contributed by atoms with Gasteiger partial charge in [-0.05, 0) is 18.2 Å². The fourth-order valence-corrected chi connectivity index (χ4v) is 1.52. The third-order valence-corrected chi connectivity index (χ3v) is 2.73. The van der Waals surface area contributed by atoms with Gasteiger partial charge in [-0.1, -0.05) is 23.2 Å². The molecule has 0 spiro atoms. The third-order valence-electron chi connectivity index (χ3n) is 1.99. The van der Waals surface area contributed by atoms with Gasteiger partial charge in [0.1, 0.15) is 6.07 Å². The Morgan fingerprint density at radius 1 is 1.12 bits per heavy atom. The number of benzene rings is 1. The normalized spacial score (nSPS) is 9.71. The Balaban J connectivity index is 2.32. The number of nitrogens with zero attached hydrogens (tertiary/aromatic N) is 3. The molecule has 2 rings (SSSR count). The maximum absolute atomic E-state index is 8.86. The average molecular weight is 265 g/mol. The molecule has 4 nitrogen and oxygen atoms in total. The molecule has 0 fully saturated rings. The molecule has 1 aromatic heterocycles. The first-order valence-corrected chi connectivity index (χ1v) is 5.39. The van der Waals surface area contributed by atoms with Gasteiger partial charge in [0, 0.05) is 18.1 Å². The number of rotatable bonds is 2. The van der Waals surface area contributed by atoms with E-state index in [4.69, 9.17) is 28.5 Å². The van der Waals surface area contributed by atoms with E-state index in [1.807, 2.05) is 6.07 Å². The zero-order valence-corrected chi connectivity index (χ0v) is 10.00. The van der Waals surface area contributed by atoms with E-state index >= 15 is 0 Å². The smallest absolute Gasteiger partial charge is 0.183 e. The molecule has 1 aromatic carbocycles. The van der Waals surface area contributed by atoms with E-state index in [-0.39, 0.29) is 5.69 Å². The maximum atomic E-state index is 8.86. The van der Waals surface area contributed by atoms with Crippen molar-refractivity contribution in [1.29, 1.82) is 5.26 Å². The van der Waals surface area contributed by atoms with Crippen molar-refractivity contribution in [2.45, 2.75) is 0 Å². The lowest BCUT2D eigenvalue weighted by atomic mass is 10.3. The van der Waals surface area contributed by atoms with Crippen LogP contribution in [0.5, 0.6) is 0 Å². The molecule has 6 heteroatoms. The zero-order chi connectivity index (χ0) is 12.3. The van der Waals surface area contributed by atoms with E-state index in [2.05, 4.69) is 15.3 Å². The van der Waals surface area contributed by atoms with E-state index in [0.717, 1.165) is 0 Å². The summed E-state index contributed by atoms with van der Waals surface area (Å²) in [7, 11) is 0. The van der Waals surface area contributed by atoms with Gasteiger partial charge < -0.3 is 5.32 Å². The van der Waals surface area contributed by atoms with Gasteiger partial charge in [0.05, 0.1) is 10.0 Å². The average Bonchev–Trinajstić information content (AvgIpc) is 2.34. The number of nitriles is 1. The highest BCUT2D eigenvalue weighted by atomic mass is 35.5. The van der Waals surface area contributed by atoms with Crippen LogP contribution in [0.4, 0.5) is 11.5 Å². The van der Waals surface area contributed by atoms with Crippen LogP contribution in [0.3, 0.4) is 0 Å². The van der Waals surface area contributed by atoms with Crippen LogP contribution in [0.15, 0.2) is 30.6 Å². The topological polar surface area (TPSA) is 61.6 Å². The summed E-state index contributed by atoms with van der Waals surface area (Å²) in [6.45, 7) is 0. The summed E-state index contributed by atoms with van der Waals surface area (Å²) in [4.78, 5) is 7.91. The Morgan fingerprint density at radius 2 is 1.88 bits per heavy atom. The molecule has 0 saturated heterocycles. The summed E-state index contributed by atoms with van der Waals surface area (Å²) >= 11 is 11.7. The standard InChI is InChI=1S/C11H6Cl2N4/c12-8-2-1-7(5-9(8)13)17-11-10(6-14)15-3-4-16-11/h1-5H,(H,16,17). The molecule has 0 bridgehead atoms. The van der Waals surface area contributed by atoms with Crippen molar-refractivity contribution >= 4 is 34.7 Å². The van der Waals surface area contributed by atoms with Gasteiger partial charge in [0.25, 0.3) is 0 Å². The van der Waals surface area contributed by atoms with Crippen molar-refractivity contribution in [3.05, 3.63) is 46.3 Å². The van der Waals surface area contributed by atoms with Gasteiger partial charge in [0.2, 0.25) is 0 Å². The summed E-state index contributed by atoms with van der Waals surface area (Å²) in [6, 6.07) is 7.00.